The van der Waals surface area contributed by atoms with Gasteiger partial charge in [0.1, 0.15) is 12.2 Å². The highest BCUT2D eigenvalue weighted by Gasteiger charge is 2.15. The molecule has 0 spiro atoms. The Balaban J connectivity index is 1.98. The van der Waals surface area contributed by atoms with Gasteiger partial charge in [0.2, 0.25) is 5.43 Å². The van der Waals surface area contributed by atoms with E-state index in [1.165, 1.54) is 6.20 Å². The van der Waals surface area contributed by atoms with Gasteiger partial charge in [0.05, 0.1) is 12.1 Å². The lowest BCUT2D eigenvalue weighted by Gasteiger charge is -2.13. The highest BCUT2D eigenvalue weighted by atomic mass is 35.5. The number of carbonyl (C=O) groups is 1. The second-order valence-corrected chi connectivity index (χ2v) is 6.73. The smallest absolute Gasteiger partial charge is 0.257 e. The van der Waals surface area contributed by atoms with Gasteiger partial charge in [0.15, 0.2) is 0 Å². The molecule has 1 heterocycles. The third-order valence-electron chi connectivity index (χ3n) is 4.34. The lowest BCUT2D eigenvalue weighted by Crippen LogP contribution is -2.29. The molecule has 3 aromatic rings. The van der Waals surface area contributed by atoms with Gasteiger partial charge in [0, 0.05) is 35.3 Å². The number of nitrogens with one attached hydrogen (secondary N) is 1. The molecule has 0 aliphatic heterocycles. The van der Waals surface area contributed by atoms with Crippen molar-refractivity contribution in [3.8, 4) is 11.8 Å². The Morgan fingerprint density at radius 1 is 1.14 bits per heavy atom. The zero-order valence-electron chi connectivity index (χ0n) is 15.5. The Bertz CT molecular complexity index is 1160. The Hall–Kier alpha value is -3.11. The molecule has 3 N–H and O–H groups in total. The number of aliphatic hydroxyl groups is 2. The van der Waals surface area contributed by atoms with E-state index in [1.54, 1.807) is 47.0 Å². The summed E-state index contributed by atoms with van der Waals surface area (Å²) in [7, 11) is 0. The van der Waals surface area contributed by atoms with Crippen LogP contribution in [0.4, 0.5) is 0 Å². The summed E-state index contributed by atoms with van der Waals surface area (Å²) in [5.41, 5.74) is 1.55. The van der Waals surface area contributed by atoms with Gasteiger partial charge in [-0.1, -0.05) is 35.6 Å². The van der Waals surface area contributed by atoms with Crippen LogP contribution in [0.2, 0.25) is 5.02 Å². The summed E-state index contributed by atoms with van der Waals surface area (Å²) in [6.07, 6.45) is 1.46. The van der Waals surface area contributed by atoms with Gasteiger partial charge >= 0.3 is 0 Å². The largest absolute Gasteiger partial charge is 0.395 e. The number of hydrogen-bond acceptors (Lipinski definition) is 4. The van der Waals surface area contributed by atoms with E-state index < -0.39 is 11.3 Å². The molecule has 2 aromatic carbocycles. The van der Waals surface area contributed by atoms with Crippen molar-refractivity contribution in [2.45, 2.75) is 13.1 Å². The fourth-order valence-electron chi connectivity index (χ4n) is 2.95. The molecule has 1 aromatic heterocycles. The monoisotopic (exact) mass is 410 g/mol. The quantitative estimate of drug-likeness (QED) is 0.560. The zero-order valence-corrected chi connectivity index (χ0v) is 16.2. The highest BCUT2D eigenvalue weighted by molar-refractivity contribution is 6.30. The molecule has 3 rings (SSSR count). The summed E-state index contributed by atoms with van der Waals surface area (Å²) in [6, 6.07) is 12.1. The number of hydrogen-bond donors (Lipinski definition) is 3. The van der Waals surface area contributed by atoms with Crippen molar-refractivity contribution < 1.29 is 15.0 Å². The van der Waals surface area contributed by atoms with Crippen LogP contribution in [0, 0.1) is 11.8 Å². The van der Waals surface area contributed by atoms with Gasteiger partial charge in [-0.3, -0.25) is 9.59 Å². The molecule has 0 atom stereocenters. The van der Waals surface area contributed by atoms with Gasteiger partial charge in [-0.15, -0.1) is 0 Å². The second-order valence-electron chi connectivity index (χ2n) is 6.29. The molecule has 0 unspecified atom stereocenters. The van der Waals surface area contributed by atoms with E-state index >= 15 is 0 Å². The van der Waals surface area contributed by atoms with Crippen LogP contribution in [0.5, 0.6) is 0 Å². The molecular weight excluding hydrogens is 392 g/mol. The van der Waals surface area contributed by atoms with Crippen molar-refractivity contribution in [2.24, 2.45) is 0 Å². The van der Waals surface area contributed by atoms with Gasteiger partial charge in [0.25, 0.3) is 5.91 Å². The van der Waals surface area contributed by atoms with E-state index in [0.29, 0.717) is 21.5 Å². The lowest BCUT2D eigenvalue weighted by molar-refractivity contribution is 0.0949. The first-order valence-electron chi connectivity index (χ1n) is 8.94. The highest BCUT2D eigenvalue weighted by Crippen LogP contribution is 2.15. The molecular formula is C22H19ClN2O4. The molecule has 0 fully saturated rings. The summed E-state index contributed by atoms with van der Waals surface area (Å²) >= 11 is 5.86. The molecule has 0 saturated carbocycles. The molecule has 0 radical (unpaired) electrons. The van der Waals surface area contributed by atoms with E-state index in [1.807, 2.05) is 0 Å². The zero-order chi connectivity index (χ0) is 20.8. The van der Waals surface area contributed by atoms with Gasteiger partial charge in [-0.25, -0.2) is 0 Å². The number of amides is 1. The third-order valence-corrected chi connectivity index (χ3v) is 4.60. The number of pyridine rings is 1. The van der Waals surface area contributed by atoms with Gasteiger partial charge in [-0.2, -0.15) is 0 Å². The maximum absolute atomic E-state index is 13.0. The van der Waals surface area contributed by atoms with Crippen LogP contribution < -0.4 is 10.7 Å². The Labute approximate surface area is 172 Å². The van der Waals surface area contributed by atoms with Crippen molar-refractivity contribution >= 4 is 28.4 Å². The number of aromatic nitrogens is 1. The number of rotatable bonds is 5. The van der Waals surface area contributed by atoms with Crippen LogP contribution in [-0.2, 0) is 13.1 Å². The molecule has 29 heavy (non-hydrogen) atoms. The normalized spacial score (nSPS) is 10.4. The molecule has 0 aliphatic rings. The number of nitrogens with zero attached hydrogens (tertiary/aromatic N) is 1. The molecule has 1 amide bonds. The van der Waals surface area contributed by atoms with E-state index in [0.717, 1.165) is 5.56 Å². The van der Waals surface area contributed by atoms with E-state index in [-0.39, 0.29) is 31.9 Å². The van der Waals surface area contributed by atoms with Crippen LogP contribution in [0.3, 0.4) is 0 Å². The van der Waals surface area contributed by atoms with E-state index in [2.05, 4.69) is 17.2 Å². The average Bonchev–Trinajstić information content (AvgIpc) is 2.73. The summed E-state index contributed by atoms with van der Waals surface area (Å²) in [4.78, 5) is 25.6. The minimum Gasteiger partial charge on any atom is -0.395 e. The van der Waals surface area contributed by atoms with Gasteiger partial charge in [-0.05, 0) is 35.9 Å². The van der Waals surface area contributed by atoms with E-state index in [4.69, 9.17) is 16.7 Å². The fourth-order valence-corrected chi connectivity index (χ4v) is 3.08. The predicted molar refractivity (Wildman–Crippen MR) is 112 cm³/mol. The Morgan fingerprint density at radius 2 is 1.90 bits per heavy atom. The molecule has 6 nitrogen and oxygen atoms in total. The standard InChI is InChI=1S/C22H19ClN2O4/c23-17-6-3-16(4-7-17)13-24-22(29)19-14-25(9-11-27)20-8-5-15(2-1-10-26)12-18(20)21(19)28/h3-8,12,14,26-27H,9-11,13H2,(H,24,29). The van der Waals surface area contributed by atoms with Crippen molar-refractivity contribution in [3.63, 3.8) is 0 Å². The summed E-state index contributed by atoms with van der Waals surface area (Å²) < 4.78 is 1.66. The van der Waals surface area contributed by atoms with Crippen molar-refractivity contribution in [1.29, 1.82) is 0 Å². The first kappa shape index (κ1) is 20.6. The minimum absolute atomic E-state index is 0.0211. The maximum atomic E-state index is 13.0. The van der Waals surface area contributed by atoms with Gasteiger partial charge < -0.3 is 20.1 Å². The number of halogens is 1. The van der Waals surface area contributed by atoms with Crippen LogP contribution in [-0.4, -0.2) is 33.9 Å². The number of fused-ring (bicyclic) bond motifs is 1. The molecule has 0 aliphatic carbocycles. The van der Waals surface area contributed by atoms with E-state index in [9.17, 15) is 14.7 Å². The number of aliphatic hydroxyl groups excluding tert-OH is 2. The molecule has 0 bridgehead atoms. The first-order chi connectivity index (χ1) is 14.0. The second kappa shape index (κ2) is 9.39. The van der Waals surface area contributed by atoms with Crippen LogP contribution in [0.25, 0.3) is 10.9 Å². The van der Waals surface area contributed by atoms with Crippen molar-refractivity contribution in [1.82, 2.24) is 9.88 Å². The van der Waals surface area contributed by atoms with Crippen LogP contribution >= 0.6 is 11.6 Å². The summed E-state index contributed by atoms with van der Waals surface area (Å²) in [5.74, 6) is 4.78. The predicted octanol–water partition coefficient (Wildman–Crippen LogP) is 1.92. The van der Waals surface area contributed by atoms with Crippen molar-refractivity contribution in [2.75, 3.05) is 13.2 Å². The maximum Gasteiger partial charge on any atom is 0.257 e. The molecule has 0 saturated heterocycles. The molecule has 148 valence electrons. The number of benzene rings is 2. The fraction of sp³-hybridized carbons (Fsp3) is 0.182. The first-order valence-corrected chi connectivity index (χ1v) is 9.31. The lowest BCUT2D eigenvalue weighted by atomic mass is 10.1. The molecule has 7 heteroatoms. The third kappa shape index (κ3) is 4.84. The topological polar surface area (TPSA) is 91.6 Å². The summed E-state index contributed by atoms with van der Waals surface area (Å²) in [6.45, 7) is 0.0429. The minimum atomic E-state index is -0.509. The average molecular weight is 411 g/mol. The van der Waals surface area contributed by atoms with Crippen LogP contribution in [0.15, 0.2) is 53.5 Å². The van der Waals surface area contributed by atoms with Crippen LogP contribution in [0.1, 0.15) is 21.5 Å². The number of carbonyl (C=O) groups excluding carboxylic acids is 1. The Kier molecular flexibility index (Phi) is 6.68. The Morgan fingerprint density at radius 3 is 2.59 bits per heavy atom. The summed E-state index contributed by atoms with van der Waals surface area (Å²) in [5, 5.41) is 21.9. The van der Waals surface area contributed by atoms with Crippen molar-refractivity contribution in [3.05, 3.63) is 80.6 Å². The SMILES string of the molecule is O=C(NCc1ccc(Cl)cc1)c1cn(CCO)c2ccc(C#CCO)cc2c1=O.